The minimum absolute atomic E-state index is 0.368. The number of carbonyl (C=O) groups is 1. The topological polar surface area (TPSA) is 54.5 Å². The molecule has 0 aliphatic carbocycles. The number of methoxy groups -OCH3 is 1. The lowest BCUT2D eigenvalue weighted by molar-refractivity contribution is 0.0604. The number of hydrogen-bond acceptors (Lipinski definition) is 3. The number of rotatable bonds is 2. The molecule has 2 rings (SSSR count). The number of aryl methyl sites for hydroxylation is 1. The molecule has 0 unspecified atom stereocenters. The molecule has 0 saturated carbocycles. The molecule has 4 nitrogen and oxygen atoms in total. The summed E-state index contributed by atoms with van der Waals surface area (Å²) in [5.74, 6) is -0.368. The molecule has 0 radical (unpaired) electrons. The lowest BCUT2D eigenvalue weighted by atomic mass is 10.2. The zero-order valence-corrected chi connectivity index (χ0v) is 13.4. The van der Waals surface area contributed by atoms with Gasteiger partial charge in [-0.3, -0.25) is 0 Å². The predicted octanol–water partition coefficient (Wildman–Crippen LogP) is 2.45. The third-order valence-electron chi connectivity index (χ3n) is 3.34. The monoisotopic (exact) mass is 286 g/mol. The largest absolute Gasteiger partial charge is 0.465 e. The maximum atomic E-state index is 12.2. The second-order valence-corrected chi connectivity index (χ2v) is 10.9. The number of esters is 1. The number of fused-ring (bicyclic) bond motifs is 1. The van der Waals surface area contributed by atoms with Crippen molar-refractivity contribution in [3.8, 4) is 6.07 Å². The molecule has 5 heteroatoms. The summed E-state index contributed by atoms with van der Waals surface area (Å²) in [5.41, 5.74) is 2.91. The van der Waals surface area contributed by atoms with Crippen LogP contribution in [-0.4, -0.2) is 25.6 Å². The van der Waals surface area contributed by atoms with Crippen LogP contribution in [0.3, 0.4) is 0 Å². The van der Waals surface area contributed by atoms with Crippen molar-refractivity contribution in [1.29, 1.82) is 5.26 Å². The summed E-state index contributed by atoms with van der Waals surface area (Å²) in [4.78, 5) is 12.2. The SMILES string of the molecule is COC(=O)c1c([Si](C)(C)C)c(C#N)n2ccc(C)cc12. The van der Waals surface area contributed by atoms with Crippen LogP contribution in [0.5, 0.6) is 0 Å². The van der Waals surface area contributed by atoms with E-state index in [0.29, 0.717) is 11.3 Å². The van der Waals surface area contributed by atoms with Gasteiger partial charge in [0.05, 0.1) is 26.3 Å². The third kappa shape index (κ3) is 2.12. The Morgan fingerprint density at radius 3 is 2.55 bits per heavy atom. The zero-order valence-electron chi connectivity index (χ0n) is 12.4. The fourth-order valence-electron chi connectivity index (χ4n) is 2.51. The van der Waals surface area contributed by atoms with Crippen molar-refractivity contribution in [3.05, 3.63) is 35.2 Å². The van der Waals surface area contributed by atoms with E-state index < -0.39 is 8.07 Å². The van der Waals surface area contributed by atoms with E-state index >= 15 is 0 Å². The number of aromatic nitrogens is 1. The van der Waals surface area contributed by atoms with Gasteiger partial charge in [0.1, 0.15) is 11.8 Å². The van der Waals surface area contributed by atoms with Crippen molar-refractivity contribution in [1.82, 2.24) is 4.40 Å². The van der Waals surface area contributed by atoms with Crippen LogP contribution >= 0.6 is 0 Å². The van der Waals surface area contributed by atoms with E-state index in [1.54, 1.807) is 4.40 Å². The van der Waals surface area contributed by atoms with Gasteiger partial charge < -0.3 is 9.14 Å². The van der Waals surface area contributed by atoms with Crippen LogP contribution in [0, 0.1) is 18.3 Å². The highest BCUT2D eigenvalue weighted by molar-refractivity contribution is 6.90. The average molecular weight is 286 g/mol. The molecule has 0 bridgehead atoms. The van der Waals surface area contributed by atoms with Crippen molar-refractivity contribution in [3.63, 3.8) is 0 Å². The van der Waals surface area contributed by atoms with Gasteiger partial charge in [0.25, 0.3) is 0 Å². The molecule has 2 heterocycles. The first kappa shape index (κ1) is 14.3. The maximum absolute atomic E-state index is 12.2. The zero-order chi connectivity index (χ0) is 15.1. The van der Waals surface area contributed by atoms with E-state index in [1.807, 2.05) is 25.3 Å². The first-order valence-corrected chi connectivity index (χ1v) is 9.94. The summed E-state index contributed by atoms with van der Waals surface area (Å²) in [7, 11) is -0.490. The fraction of sp³-hybridized carbons (Fsp3) is 0.333. The minimum Gasteiger partial charge on any atom is -0.465 e. The molecular weight excluding hydrogens is 268 g/mol. The highest BCUT2D eigenvalue weighted by atomic mass is 28.3. The first-order valence-electron chi connectivity index (χ1n) is 6.44. The van der Waals surface area contributed by atoms with Gasteiger partial charge in [0, 0.05) is 6.20 Å². The lowest BCUT2D eigenvalue weighted by Crippen LogP contribution is -2.42. The Hall–Kier alpha value is -2.06. The third-order valence-corrected chi connectivity index (χ3v) is 5.33. The molecule has 0 aliphatic heterocycles. The Balaban J connectivity index is 3.02. The normalized spacial score (nSPS) is 11.4. The minimum atomic E-state index is -1.87. The second kappa shape index (κ2) is 4.80. The average Bonchev–Trinajstić information content (AvgIpc) is 2.71. The summed E-state index contributed by atoms with van der Waals surface area (Å²) in [6.07, 6.45) is 1.85. The standard InChI is InChI=1S/C15H18N2O2Si/c1-10-6-7-17-11(8-10)13(15(18)19-2)14(12(17)9-16)20(3,4)5/h6-8H,1-5H3. The number of hydrogen-bond donors (Lipinski definition) is 0. The Morgan fingerprint density at radius 1 is 1.40 bits per heavy atom. The van der Waals surface area contributed by atoms with Gasteiger partial charge in [0.2, 0.25) is 0 Å². The quantitative estimate of drug-likeness (QED) is 0.629. The van der Waals surface area contributed by atoms with Crippen LogP contribution in [0.15, 0.2) is 18.3 Å². The van der Waals surface area contributed by atoms with Gasteiger partial charge in [-0.15, -0.1) is 0 Å². The molecule has 0 N–H and O–H groups in total. The Bertz CT molecular complexity index is 733. The Kier molecular flexibility index (Phi) is 3.44. The van der Waals surface area contributed by atoms with Crippen molar-refractivity contribution < 1.29 is 9.53 Å². The summed E-state index contributed by atoms with van der Waals surface area (Å²) >= 11 is 0. The molecule has 0 saturated heterocycles. The van der Waals surface area contributed by atoms with Crippen LogP contribution in [0.25, 0.3) is 5.52 Å². The van der Waals surface area contributed by atoms with Crippen molar-refractivity contribution in [2.75, 3.05) is 7.11 Å². The highest BCUT2D eigenvalue weighted by Gasteiger charge is 2.32. The fourth-order valence-corrected chi connectivity index (χ4v) is 4.38. The number of nitriles is 1. The number of ether oxygens (including phenoxy) is 1. The van der Waals surface area contributed by atoms with Gasteiger partial charge in [-0.2, -0.15) is 5.26 Å². The Morgan fingerprint density at radius 2 is 2.05 bits per heavy atom. The smallest absolute Gasteiger partial charge is 0.339 e. The van der Waals surface area contributed by atoms with Crippen LogP contribution in [0.4, 0.5) is 0 Å². The van der Waals surface area contributed by atoms with E-state index in [-0.39, 0.29) is 5.97 Å². The van der Waals surface area contributed by atoms with E-state index in [4.69, 9.17) is 4.74 Å². The van der Waals surface area contributed by atoms with E-state index in [9.17, 15) is 10.1 Å². The summed E-state index contributed by atoms with van der Waals surface area (Å²) in [6, 6.07) is 6.11. The van der Waals surface area contributed by atoms with Gasteiger partial charge in [-0.25, -0.2) is 4.79 Å². The van der Waals surface area contributed by atoms with E-state index in [1.165, 1.54) is 7.11 Å². The molecule has 20 heavy (non-hydrogen) atoms. The number of carbonyl (C=O) groups excluding carboxylic acids is 1. The van der Waals surface area contributed by atoms with Gasteiger partial charge >= 0.3 is 5.97 Å². The van der Waals surface area contributed by atoms with Crippen molar-refractivity contribution in [2.24, 2.45) is 0 Å². The second-order valence-electron chi connectivity index (χ2n) is 5.91. The molecule has 0 aliphatic rings. The predicted molar refractivity (Wildman–Crippen MR) is 81.2 cm³/mol. The molecular formula is C15H18N2O2Si. The van der Waals surface area contributed by atoms with Crippen molar-refractivity contribution >= 4 is 24.7 Å². The highest BCUT2D eigenvalue weighted by Crippen LogP contribution is 2.21. The Labute approximate surface area is 119 Å². The summed E-state index contributed by atoms with van der Waals surface area (Å²) < 4.78 is 6.74. The van der Waals surface area contributed by atoms with Crippen LogP contribution in [-0.2, 0) is 4.74 Å². The first-order chi connectivity index (χ1) is 9.31. The van der Waals surface area contributed by atoms with Gasteiger partial charge in [-0.1, -0.05) is 19.6 Å². The molecule has 2 aromatic heterocycles. The van der Waals surface area contributed by atoms with Crippen LogP contribution < -0.4 is 5.19 Å². The molecule has 0 amide bonds. The lowest BCUT2D eigenvalue weighted by Gasteiger charge is -2.17. The summed E-state index contributed by atoms with van der Waals surface area (Å²) in [5, 5.41) is 10.4. The van der Waals surface area contributed by atoms with Crippen LogP contribution in [0.2, 0.25) is 19.6 Å². The summed E-state index contributed by atoms with van der Waals surface area (Å²) in [6.45, 7) is 8.35. The molecule has 0 spiro atoms. The van der Waals surface area contributed by atoms with Gasteiger partial charge in [-0.05, 0) is 29.8 Å². The van der Waals surface area contributed by atoms with Crippen LogP contribution in [0.1, 0.15) is 21.6 Å². The number of nitrogens with zero attached hydrogens (tertiary/aromatic N) is 2. The van der Waals surface area contributed by atoms with E-state index in [2.05, 4.69) is 25.7 Å². The maximum Gasteiger partial charge on any atom is 0.339 e. The van der Waals surface area contributed by atoms with E-state index in [0.717, 1.165) is 16.3 Å². The van der Waals surface area contributed by atoms with Crippen molar-refractivity contribution in [2.45, 2.75) is 26.6 Å². The molecule has 104 valence electrons. The molecule has 0 atom stereocenters. The molecule has 0 fully saturated rings. The van der Waals surface area contributed by atoms with Gasteiger partial charge in [0.15, 0.2) is 0 Å². The number of pyridine rings is 1. The molecule has 2 aromatic rings. The molecule has 0 aromatic carbocycles.